The Hall–Kier alpha value is -0.573. The zero-order valence-corrected chi connectivity index (χ0v) is 10.1. The summed E-state index contributed by atoms with van der Waals surface area (Å²) in [5, 5.41) is 0. The number of unbranched alkanes of at least 4 members (excludes halogenated alkanes) is 2. The average Bonchev–Trinajstić information content (AvgIpc) is 2.05. The van der Waals surface area contributed by atoms with Gasteiger partial charge < -0.3 is 4.74 Å². The third-order valence-corrected chi connectivity index (χ3v) is 1.93. The number of esters is 1. The van der Waals surface area contributed by atoms with Crippen molar-refractivity contribution in [3.05, 3.63) is 12.2 Å². The summed E-state index contributed by atoms with van der Waals surface area (Å²) in [7, 11) is 0.904. The molecular formula is C9H18O2Si. The summed E-state index contributed by atoms with van der Waals surface area (Å²) in [5.74, 6) is -0.207. The highest BCUT2D eigenvalue weighted by Crippen LogP contribution is 2.07. The Morgan fingerprint density at radius 3 is 2.67 bits per heavy atom. The lowest BCUT2D eigenvalue weighted by Gasteiger charge is -2.03. The number of hydrogen-bond donors (Lipinski definition) is 0. The van der Waals surface area contributed by atoms with Crippen LogP contribution in [0.3, 0.4) is 0 Å². The fourth-order valence-electron chi connectivity index (χ4n) is 0.924. The molecule has 0 bridgehead atoms. The van der Waals surface area contributed by atoms with E-state index in [9.17, 15) is 4.79 Å². The molecule has 0 unspecified atom stereocenters. The van der Waals surface area contributed by atoms with E-state index < -0.39 is 0 Å². The molecule has 0 aromatic carbocycles. The first kappa shape index (κ1) is 11.4. The van der Waals surface area contributed by atoms with Gasteiger partial charge in [0, 0.05) is 5.57 Å². The molecule has 0 saturated carbocycles. The van der Waals surface area contributed by atoms with Crippen LogP contribution in [0.4, 0.5) is 0 Å². The van der Waals surface area contributed by atoms with Gasteiger partial charge in [0.05, 0.1) is 16.5 Å². The monoisotopic (exact) mass is 186 g/mol. The standard InChI is InChI=1S/C9H18O2Si/c1-3-4-5-6-8(2)9(10)11-7-12/h2-7H2,1,12H3. The van der Waals surface area contributed by atoms with Gasteiger partial charge in [-0.05, 0) is 12.8 Å². The van der Waals surface area contributed by atoms with Gasteiger partial charge in [0.15, 0.2) is 0 Å². The summed E-state index contributed by atoms with van der Waals surface area (Å²) in [4.78, 5) is 11.0. The van der Waals surface area contributed by atoms with E-state index in [-0.39, 0.29) is 5.97 Å². The van der Waals surface area contributed by atoms with Crippen molar-refractivity contribution in [2.24, 2.45) is 0 Å². The molecule has 70 valence electrons. The van der Waals surface area contributed by atoms with Crippen molar-refractivity contribution >= 4 is 16.2 Å². The highest BCUT2D eigenvalue weighted by Gasteiger charge is 2.05. The van der Waals surface area contributed by atoms with Crippen LogP contribution in [-0.2, 0) is 9.53 Å². The van der Waals surface area contributed by atoms with E-state index >= 15 is 0 Å². The molecule has 3 heteroatoms. The molecule has 0 amide bonds. The normalized spacial score (nSPS) is 9.75. The fourth-order valence-corrected chi connectivity index (χ4v) is 1.19. The Kier molecular flexibility index (Phi) is 6.76. The first-order valence-electron chi connectivity index (χ1n) is 4.57. The molecule has 0 aromatic rings. The molecule has 0 aliphatic heterocycles. The fraction of sp³-hybridized carbons (Fsp3) is 0.667. The average molecular weight is 186 g/mol. The molecule has 0 spiro atoms. The molecular weight excluding hydrogens is 168 g/mol. The SMILES string of the molecule is C=C(CCCCC)C(=O)OC[SiH3]. The topological polar surface area (TPSA) is 26.3 Å². The van der Waals surface area contributed by atoms with E-state index in [0.717, 1.165) is 29.5 Å². The van der Waals surface area contributed by atoms with Crippen LogP contribution in [0.2, 0.25) is 0 Å². The lowest BCUT2D eigenvalue weighted by Crippen LogP contribution is -2.07. The van der Waals surface area contributed by atoms with E-state index in [1.807, 2.05) is 0 Å². The second-order valence-corrected chi connectivity index (χ2v) is 3.36. The van der Waals surface area contributed by atoms with Gasteiger partial charge in [-0.2, -0.15) is 0 Å². The molecule has 0 rings (SSSR count). The molecule has 0 aliphatic carbocycles. The van der Waals surface area contributed by atoms with Crippen LogP contribution < -0.4 is 0 Å². The molecule has 0 saturated heterocycles. The second kappa shape index (κ2) is 7.10. The highest BCUT2D eigenvalue weighted by molar-refractivity contribution is 6.09. The minimum atomic E-state index is -0.207. The van der Waals surface area contributed by atoms with Crippen LogP contribution in [0, 0.1) is 0 Å². The molecule has 0 N–H and O–H groups in total. The van der Waals surface area contributed by atoms with E-state index in [2.05, 4.69) is 13.5 Å². The van der Waals surface area contributed by atoms with E-state index in [1.165, 1.54) is 6.42 Å². The molecule has 2 nitrogen and oxygen atoms in total. The molecule has 0 aliphatic rings. The van der Waals surface area contributed by atoms with Gasteiger partial charge in [-0.25, -0.2) is 4.79 Å². The van der Waals surface area contributed by atoms with Gasteiger partial charge in [0.1, 0.15) is 0 Å². The number of carbonyl (C=O) groups excluding carboxylic acids is 1. The highest BCUT2D eigenvalue weighted by atomic mass is 28.1. The van der Waals surface area contributed by atoms with Gasteiger partial charge in [-0.1, -0.05) is 26.3 Å². The van der Waals surface area contributed by atoms with Gasteiger partial charge >= 0.3 is 5.97 Å². The van der Waals surface area contributed by atoms with E-state index in [0.29, 0.717) is 11.8 Å². The molecule has 12 heavy (non-hydrogen) atoms. The van der Waals surface area contributed by atoms with Crippen molar-refractivity contribution < 1.29 is 9.53 Å². The van der Waals surface area contributed by atoms with Gasteiger partial charge in [0.25, 0.3) is 0 Å². The smallest absolute Gasteiger partial charge is 0.333 e. The van der Waals surface area contributed by atoms with Crippen LogP contribution in [0.15, 0.2) is 12.2 Å². The van der Waals surface area contributed by atoms with E-state index in [1.54, 1.807) is 0 Å². The summed E-state index contributed by atoms with van der Waals surface area (Å²) in [6.07, 6.45) is 4.74. The Bertz CT molecular complexity index is 155. The maximum atomic E-state index is 11.0. The van der Waals surface area contributed by atoms with Crippen LogP contribution >= 0.6 is 0 Å². The van der Waals surface area contributed by atoms with Crippen molar-refractivity contribution in [2.75, 3.05) is 6.23 Å². The molecule has 0 atom stereocenters. The van der Waals surface area contributed by atoms with Crippen molar-refractivity contribution in [3.8, 4) is 0 Å². The van der Waals surface area contributed by atoms with Crippen LogP contribution in [-0.4, -0.2) is 22.4 Å². The van der Waals surface area contributed by atoms with Crippen LogP contribution in [0.1, 0.15) is 32.6 Å². The summed E-state index contributed by atoms with van der Waals surface area (Å²) in [6, 6.07) is 0. The Balaban J connectivity index is 3.50. The Labute approximate surface area is 77.4 Å². The van der Waals surface area contributed by atoms with Crippen LogP contribution in [0.25, 0.3) is 0 Å². The van der Waals surface area contributed by atoms with Crippen LogP contribution in [0.5, 0.6) is 0 Å². The third-order valence-electron chi connectivity index (χ3n) is 1.65. The predicted octanol–water partition coefficient (Wildman–Crippen LogP) is 0.989. The lowest BCUT2D eigenvalue weighted by atomic mass is 10.1. The van der Waals surface area contributed by atoms with Crippen molar-refractivity contribution in [1.82, 2.24) is 0 Å². The number of rotatable bonds is 6. The Morgan fingerprint density at radius 2 is 2.17 bits per heavy atom. The summed E-state index contributed by atoms with van der Waals surface area (Å²) in [5.41, 5.74) is 0.624. The molecule has 0 fully saturated rings. The first-order chi connectivity index (χ1) is 5.72. The molecule has 0 aromatic heterocycles. The summed E-state index contributed by atoms with van der Waals surface area (Å²) in [6.45, 7) is 5.82. The second-order valence-electron chi connectivity index (χ2n) is 2.78. The summed E-state index contributed by atoms with van der Waals surface area (Å²) >= 11 is 0. The zero-order valence-electron chi connectivity index (χ0n) is 8.06. The number of ether oxygens (including phenoxy) is 1. The molecule has 0 radical (unpaired) electrons. The predicted molar refractivity (Wildman–Crippen MR) is 54.2 cm³/mol. The number of hydrogen-bond acceptors (Lipinski definition) is 2. The third kappa shape index (κ3) is 5.13. The largest absolute Gasteiger partial charge is 0.467 e. The lowest BCUT2D eigenvalue weighted by molar-refractivity contribution is -0.137. The van der Waals surface area contributed by atoms with Gasteiger partial charge in [-0.15, -0.1) is 0 Å². The summed E-state index contributed by atoms with van der Waals surface area (Å²) < 4.78 is 4.86. The zero-order chi connectivity index (χ0) is 9.40. The minimum absolute atomic E-state index is 0.207. The van der Waals surface area contributed by atoms with Crippen molar-refractivity contribution in [3.63, 3.8) is 0 Å². The maximum Gasteiger partial charge on any atom is 0.333 e. The first-order valence-corrected chi connectivity index (χ1v) is 5.98. The van der Waals surface area contributed by atoms with Gasteiger partial charge in [-0.3, -0.25) is 0 Å². The maximum absolute atomic E-state index is 11.0. The Morgan fingerprint density at radius 1 is 1.50 bits per heavy atom. The number of carbonyl (C=O) groups is 1. The minimum Gasteiger partial charge on any atom is -0.467 e. The van der Waals surface area contributed by atoms with Crippen molar-refractivity contribution in [2.45, 2.75) is 32.6 Å². The van der Waals surface area contributed by atoms with Crippen molar-refractivity contribution in [1.29, 1.82) is 0 Å². The van der Waals surface area contributed by atoms with Gasteiger partial charge in [0.2, 0.25) is 0 Å². The molecule has 0 heterocycles. The van der Waals surface area contributed by atoms with E-state index in [4.69, 9.17) is 4.74 Å². The quantitative estimate of drug-likeness (QED) is 0.268.